The predicted molar refractivity (Wildman–Crippen MR) is 85.8 cm³/mol. The van der Waals surface area contributed by atoms with Crippen molar-refractivity contribution >= 4 is 9.84 Å². The van der Waals surface area contributed by atoms with Crippen molar-refractivity contribution in [1.29, 1.82) is 0 Å². The number of hydrogen-bond donors (Lipinski definition) is 1. The molecule has 0 radical (unpaired) electrons. The van der Waals surface area contributed by atoms with Crippen molar-refractivity contribution in [3.05, 3.63) is 35.6 Å². The second-order valence-electron chi connectivity index (χ2n) is 5.76. The Morgan fingerprint density at radius 1 is 1.24 bits per heavy atom. The molecule has 0 aliphatic carbocycles. The van der Waals surface area contributed by atoms with Gasteiger partial charge in [0.1, 0.15) is 15.7 Å². The lowest BCUT2D eigenvalue weighted by molar-refractivity contribution is 0.514. The SMILES string of the molecule is CCCS(=O)(=O)CCC(CNC(C)C)c1cccc(F)c1. The maximum atomic E-state index is 13.4. The first kappa shape index (κ1) is 18.1. The summed E-state index contributed by atoms with van der Waals surface area (Å²) in [5.41, 5.74) is 0.856. The van der Waals surface area contributed by atoms with Gasteiger partial charge in [0.15, 0.2) is 0 Å². The van der Waals surface area contributed by atoms with Gasteiger partial charge in [-0.1, -0.05) is 32.9 Å². The minimum Gasteiger partial charge on any atom is -0.314 e. The Balaban J connectivity index is 2.78. The normalized spacial score (nSPS) is 13.6. The third kappa shape index (κ3) is 7.05. The molecule has 0 aliphatic rings. The second-order valence-corrected chi connectivity index (χ2v) is 8.06. The van der Waals surface area contributed by atoms with Crippen molar-refractivity contribution < 1.29 is 12.8 Å². The Kier molecular flexibility index (Phi) is 7.32. The molecule has 1 unspecified atom stereocenters. The molecule has 0 saturated carbocycles. The zero-order valence-corrected chi connectivity index (χ0v) is 13.9. The van der Waals surface area contributed by atoms with Gasteiger partial charge in [-0.15, -0.1) is 0 Å². The standard InChI is InChI=1S/C16H26FNO2S/c1-4-9-21(19,20)10-8-15(12-18-13(2)3)14-6-5-7-16(17)11-14/h5-7,11,13,15,18H,4,8-10,12H2,1-3H3. The minimum atomic E-state index is -3.00. The van der Waals surface area contributed by atoms with Gasteiger partial charge in [-0.25, -0.2) is 12.8 Å². The van der Waals surface area contributed by atoms with E-state index in [-0.39, 0.29) is 23.2 Å². The van der Waals surface area contributed by atoms with Crippen LogP contribution in [0, 0.1) is 5.82 Å². The number of nitrogens with one attached hydrogen (secondary N) is 1. The van der Waals surface area contributed by atoms with Crippen LogP contribution in [-0.2, 0) is 9.84 Å². The van der Waals surface area contributed by atoms with E-state index < -0.39 is 9.84 Å². The van der Waals surface area contributed by atoms with Crippen LogP contribution in [-0.4, -0.2) is 32.5 Å². The molecule has 1 atom stereocenters. The summed E-state index contributed by atoms with van der Waals surface area (Å²) in [5, 5.41) is 3.31. The molecule has 0 saturated heterocycles. The maximum absolute atomic E-state index is 13.4. The van der Waals surface area contributed by atoms with Gasteiger partial charge in [0.25, 0.3) is 0 Å². The highest BCUT2D eigenvalue weighted by Gasteiger charge is 2.17. The van der Waals surface area contributed by atoms with Crippen LogP contribution in [0.3, 0.4) is 0 Å². The molecule has 120 valence electrons. The van der Waals surface area contributed by atoms with Gasteiger partial charge in [0, 0.05) is 18.3 Å². The Morgan fingerprint density at radius 3 is 2.52 bits per heavy atom. The molecule has 21 heavy (non-hydrogen) atoms. The first-order chi connectivity index (χ1) is 9.84. The predicted octanol–water partition coefficient (Wildman–Crippen LogP) is 3.12. The number of hydrogen-bond acceptors (Lipinski definition) is 3. The zero-order chi connectivity index (χ0) is 15.9. The molecular formula is C16H26FNO2S. The van der Waals surface area contributed by atoms with Gasteiger partial charge < -0.3 is 5.32 Å². The van der Waals surface area contributed by atoms with Crippen molar-refractivity contribution in [3.8, 4) is 0 Å². The molecule has 5 heteroatoms. The van der Waals surface area contributed by atoms with Crippen LogP contribution in [0.25, 0.3) is 0 Å². The lowest BCUT2D eigenvalue weighted by Crippen LogP contribution is -2.29. The van der Waals surface area contributed by atoms with Gasteiger partial charge in [0.2, 0.25) is 0 Å². The number of benzene rings is 1. The van der Waals surface area contributed by atoms with Gasteiger partial charge in [-0.2, -0.15) is 0 Å². The molecule has 0 aliphatic heterocycles. The quantitative estimate of drug-likeness (QED) is 0.761. The summed E-state index contributed by atoms with van der Waals surface area (Å²) in [7, 11) is -3.00. The van der Waals surface area contributed by atoms with E-state index >= 15 is 0 Å². The summed E-state index contributed by atoms with van der Waals surface area (Å²) < 4.78 is 37.1. The van der Waals surface area contributed by atoms with Crippen molar-refractivity contribution in [3.63, 3.8) is 0 Å². The Hall–Kier alpha value is -0.940. The first-order valence-corrected chi connectivity index (χ1v) is 9.35. The molecule has 0 bridgehead atoms. The summed E-state index contributed by atoms with van der Waals surface area (Å²) in [5.74, 6) is 0.107. The largest absolute Gasteiger partial charge is 0.314 e. The van der Waals surface area contributed by atoms with E-state index in [0.717, 1.165) is 5.56 Å². The average Bonchev–Trinajstić information content (AvgIpc) is 2.38. The average molecular weight is 315 g/mol. The van der Waals surface area contributed by atoms with Crippen LogP contribution in [0.1, 0.15) is 45.1 Å². The number of sulfone groups is 1. The van der Waals surface area contributed by atoms with Crippen molar-refractivity contribution in [2.45, 2.75) is 45.6 Å². The van der Waals surface area contributed by atoms with Gasteiger partial charge in [0.05, 0.1) is 5.75 Å². The molecular weight excluding hydrogens is 289 g/mol. The fourth-order valence-corrected chi connectivity index (χ4v) is 3.73. The summed E-state index contributed by atoms with van der Waals surface area (Å²) in [6.07, 6.45) is 1.16. The summed E-state index contributed by atoms with van der Waals surface area (Å²) >= 11 is 0. The van der Waals surface area contributed by atoms with E-state index in [1.54, 1.807) is 6.07 Å². The number of halogens is 1. The molecule has 0 heterocycles. The van der Waals surface area contributed by atoms with E-state index in [9.17, 15) is 12.8 Å². The Labute approximate surface area is 127 Å². The monoisotopic (exact) mass is 315 g/mol. The molecule has 3 nitrogen and oxygen atoms in total. The van der Waals surface area contributed by atoms with Crippen LogP contribution < -0.4 is 5.32 Å². The third-order valence-corrected chi connectivity index (χ3v) is 5.27. The van der Waals surface area contributed by atoms with Crippen LogP contribution in [0.4, 0.5) is 4.39 Å². The summed E-state index contributed by atoms with van der Waals surface area (Å²) in [6.45, 7) is 6.59. The van der Waals surface area contributed by atoms with Crippen LogP contribution in [0.2, 0.25) is 0 Å². The highest BCUT2D eigenvalue weighted by atomic mass is 32.2. The summed E-state index contributed by atoms with van der Waals surface area (Å²) in [6, 6.07) is 6.76. The lowest BCUT2D eigenvalue weighted by Gasteiger charge is -2.20. The van der Waals surface area contributed by atoms with E-state index in [1.165, 1.54) is 12.1 Å². The van der Waals surface area contributed by atoms with Gasteiger partial charge in [-0.3, -0.25) is 0 Å². The highest BCUT2D eigenvalue weighted by molar-refractivity contribution is 7.91. The molecule has 1 aromatic carbocycles. The van der Waals surface area contributed by atoms with Crippen molar-refractivity contribution in [2.75, 3.05) is 18.1 Å². The van der Waals surface area contributed by atoms with Crippen LogP contribution >= 0.6 is 0 Å². The van der Waals surface area contributed by atoms with Crippen molar-refractivity contribution in [1.82, 2.24) is 5.32 Å². The third-order valence-electron chi connectivity index (χ3n) is 3.39. The lowest BCUT2D eigenvalue weighted by atomic mass is 9.96. The second kappa shape index (κ2) is 8.49. The van der Waals surface area contributed by atoms with Gasteiger partial charge >= 0.3 is 0 Å². The van der Waals surface area contributed by atoms with Gasteiger partial charge in [-0.05, 0) is 36.5 Å². The van der Waals surface area contributed by atoms with E-state index in [2.05, 4.69) is 5.32 Å². The zero-order valence-electron chi connectivity index (χ0n) is 13.1. The Bertz CT molecular complexity index is 529. The molecule has 0 aromatic heterocycles. The fraction of sp³-hybridized carbons (Fsp3) is 0.625. The van der Waals surface area contributed by atoms with Crippen LogP contribution in [0.15, 0.2) is 24.3 Å². The first-order valence-electron chi connectivity index (χ1n) is 7.53. The molecule has 0 amide bonds. The van der Waals surface area contributed by atoms with Crippen molar-refractivity contribution in [2.24, 2.45) is 0 Å². The molecule has 0 spiro atoms. The molecule has 1 aromatic rings. The molecule has 1 N–H and O–H groups in total. The van der Waals surface area contributed by atoms with E-state index in [4.69, 9.17) is 0 Å². The topological polar surface area (TPSA) is 46.2 Å². The number of rotatable bonds is 9. The van der Waals surface area contributed by atoms with E-state index in [0.29, 0.717) is 25.4 Å². The molecule has 1 rings (SSSR count). The highest BCUT2D eigenvalue weighted by Crippen LogP contribution is 2.21. The minimum absolute atomic E-state index is 0.00901. The summed E-state index contributed by atoms with van der Waals surface area (Å²) in [4.78, 5) is 0. The Morgan fingerprint density at radius 2 is 1.95 bits per heavy atom. The maximum Gasteiger partial charge on any atom is 0.150 e. The smallest absolute Gasteiger partial charge is 0.150 e. The van der Waals surface area contributed by atoms with E-state index in [1.807, 2.05) is 26.8 Å². The molecule has 0 fully saturated rings. The fourth-order valence-electron chi connectivity index (χ4n) is 2.26. The van der Waals surface area contributed by atoms with Crippen LogP contribution in [0.5, 0.6) is 0 Å².